The Kier molecular flexibility index (Phi) is 6.04. The minimum atomic E-state index is -0.589. The molecule has 162 valence electrons. The third-order valence-electron chi connectivity index (χ3n) is 4.58. The van der Waals surface area contributed by atoms with Crippen molar-refractivity contribution in [2.45, 2.75) is 6.42 Å². The fraction of sp³-hybridized carbons (Fsp3) is 0.0909. The van der Waals surface area contributed by atoms with Crippen molar-refractivity contribution in [2.24, 2.45) is 5.73 Å². The van der Waals surface area contributed by atoms with Crippen LogP contribution in [0.5, 0.6) is 0 Å². The van der Waals surface area contributed by atoms with Gasteiger partial charge in [0.1, 0.15) is 11.6 Å². The lowest BCUT2D eigenvalue weighted by Gasteiger charge is -2.20. The van der Waals surface area contributed by atoms with Gasteiger partial charge in [0.25, 0.3) is 5.91 Å². The van der Waals surface area contributed by atoms with Gasteiger partial charge in [0.15, 0.2) is 5.82 Å². The largest absolute Gasteiger partial charge is 0.370 e. The zero-order valence-electron chi connectivity index (χ0n) is 16.6. The number of benzene rings is 2. The van der Waals surface area contributed by atoms with Gasteiger partial charge in [-0.15, -0.1) is 16.4 Å². The van der Waals surface area contributed by atoms with E-state index in [1.807, 2.05) is 17.5 Å². The van der Waals surface area contributed by atoms with Gasteiger partial charge in [-0.25, -0.2) is 18.4 Å². The Morgan fingerprint density at radius 1 is 1.00 bits per heavy atom. The first-order valence-corrected chi connectivity index (χ1v) is 10.4. The predicted molar refractivity (Wildman–Crippen MR) is 117 cm³/mol. The molecule has 2 N–H and O–H groups in total. The molecule has 2 amide bonds. The highest BCUT2D eigenvalue weighted by molar-refractivity contribution is 7.13. The maximum Gasteiger partial charge on any atom is 0.297 e. The molecule has 0 bridgehead atoms. The second kappa shape index (κ2) is 9.06. The van der Waals surface area contributed by atoms with Crippen molar-refractivity contribution in [3.63, 3.8) is 0 Å². The lowest BCUT2D eigenvalue weighted by molar-refractivity contribution is -0.117. The minimum absolute atomic E-state index is 0.0285. The van der Waals surface area contributed by atoms with Crippen molar-refractivity contribution in [2.75, 3.05) is 11.4 Å². The first-order chi connectivity index (χ1) is 15.4. The number of carbonyl (C=O) groups is 2. The Morgan fingerprint density at radius 2 is 1.66 bits per heavy atom. The summed E-state index contributed by atoms with van der Waals surface area (Å²) in [6.45, 7) is -0.0285. The Morgan fingerprint density at radius 3 is 2.25 bits per heavy atom. The van der Waals surface area contributed by atoms with Crippen LogP contribution in [0.25, 0.3) is 16.4 Å². The number of carbonyl (C=O) groups excluding carboxylic acids is 2. The van der Waals surface area contributed by atoms with Gasteiger partial charge in [-0.3, -0.25) is 9.59 Å². The number of amides is 2. The number of anilines is 1. The molecule has 4 aromatic rings. The molecule has 0 fully saturated rings. The number of rotatable bonds is 7. The molecule has 4 rings (SSSR count). The van der Waals surface area contributed by atoms with E-state index < -0.39 is 23.4 Å². The Hall–Kier alpha value is -3.92. The fourth-order valence-electron chi connectivity index (χ4n) is 3.04. The summed E-state index contributed by atoms with van der Waals surface area (Å²) < 4.78 is 28.3. The maximum absolute atomic E-state index is 13.4. The summed E-state index contributed by atoms with van der Waals surface area (Å²) in [5.41, 5.74) is 6.15. The van der Waals surface area contributed by atoms with Crippen molar-refractivity contribution in [1.82, 2.24) is 14.8 Å². The number of nitrogens with two attached hydrogens (primary N) is 1. The minimum Gasteiger partial charge on any atom is -0.370 e. The van der Waals surface area contributed by atoms with Crippen molar-refractivity contribution in [3.8, 4) is 16.4 Å². The second-order valence-electron chi connectivity index (χ2n) is 6.77. The van der Waals surface area contributed by atoms with E-state index in [2.05, 4.69) is 10.1 Å². The predicted octanol–water partition coefficient (Wildman–Crippen LogP) is 3.80. The Bertz CT molecular complexity index is 1240. The summed E-state index contributed by atoms with van der Waals surface area (Å²) >= 11 is 1.41. The lowest BCUT2D eigenvalue weighted by Crippen LogP contribution is -2.34. The van der Waals surface area contributed by atoms with Gasteiger partial charge in [0.2, 0.25) is 11.7 Å². The molecule has 2 heterocycles. The Labute approximate surface area is 185 Å². The topological polar surface area (TPSA) is 94.1 Å². The van der Waals surface area contributed by atoms with E-state index in [9.17, 15) is 18.4 Å². The number of thiophene rings is 1. The summed E-state index contributed by atoms with van der Waals surface area (Å²) in [6, 6.07) is 14.6. The van der Waals surface area contributed by atoms with Crippen LogP contribution in [0.15, 0.2) is 66.0 Å². The third-order valence-corrected chi connectivity index (χ3v) is 5.44. The number of hydrogen-bond donors (Lipinski definition) is 1. The van der Waals surface area contributed by atoms with Crippen LogP contribution in [0.4, 0.5) is 14.5 Å². The molecule has 0 spiro atoms. The molecule has 0 aliphatic carbocycles. The average molecular weight is 453 g/mol. The molecule has 0 radical (unpaired) electrons. The standard InChI is InChI=1S/C22H17F2N5O2S/c23-14-3-7-16(8-4-14)28(12-11-19(25)30)22(31)20-26-21(18-2-1-13-32-18)29(27-20)17-9-5-15(24)6-10-17/h1-10,13H,11-12H2,(H2,25,30). The van der Waals surface area contributed by atoms with Gasteiger partial charge in [-0.05, 0) is 60.0 Å². The van der Waals surface area contributed by atoms with Crippen LogP contribution in [-0.4, -0.2) is 33.1 Å². The van der Waals surface area contributed by atoms with Gasteiger partial charge < -0.3 is 10.6 Å². The van der Waals surface area contributed by atoms with E-state index in [4.69, 9.17) is 5.73 Å². The molecule has 0 saturated carbocycles. The van der Waals surface area contributed by atoms with Crippen molar-refractivity contribution in [3.05, 3.63) is 83.5 Å². The molecule has 0 aliphatic heterocycles. The number of primary amides is 1. The van der Waals surface area contributed by atoms with Crippen LogP contribution in [0.3, 0.4) is 0 Å². The summed E-state index contributed by atoms with van der Waals surface area (Å²) in [6.07, 6.45) is -0.0976. The van der Waals surface area contributed by atoms with Gasteiger partial charge >= 0.3 is 0 Å². The molecular formula is C22H17F2N5O2S. The van der Waals surface area contributed by atoms with Gasteiger partial charge in [-0.1, -0.05) is 6.07 Å². The zero-order chi connectivity index (χ0) is 22.7. The summed E-state index contributed by atoms with van der Waals surface area (Å²) in [5.74, 6) is -1.77. The average Bonchev–Trinajstić information content (AvgIpc) is 3.45. The van der Waals surface area contributed by atoms with Crippen molar-refractivity contribution >= 4 is 28.8 Å². The summed E-state index contributed by atoms with van der Waals surface area (Å²) in [7, 11) is 0. The highest BCUT2D eigenvalue weighted by atomic mass is 32.1. The fourth-order valence-corrected chi connectivity index (χ4v) is 3.74. The van der Waals surface area contributed by atoms with Crippen LogP contribution in [0.1, 0.15) is 17.0 Å². The SMILES string of the molecule is NC(=O)CCN(C(=O)c1nc(-c2cccs2)n(-c2ccc(F)cc2)n1)c1ccc(F)cc1. The molecule has 0 atom stereocenters. The monoisotopic (exact) mass is 453 g/mol. The van der Waals surface area contributed by atoms with Crippen LogP contribution in [-0.2, 0) is 4.79 Å². The molecule has 0 saturated heterocycles. The summed E-state index contributed by atoms with van der Waals surface area (Å²) in [5, 5.41) is 6.22. The quantitative estimate of drug-likeness (QED) is 0.461. The normalized spacial score (nSPS) is 10.8. The highest BCUT2D eigenvalue weighted by Crippen LogP contribution is 2.27. The van der Waals surface area contributed by atoms with Crippen LogP contribution < -0.4 is 10.6 Å². The van der Waals surface area contributed by atoms with E-state index in [0.717, 1.165) is 4.88 Å². The van der Waals surface area contributed by atoms with E-state index in [1.165, 1.54) is 69.4 Å². The maximum atomic E-state index is 13.4. The van der Waals surface area contributed by atoms with E-state index in [-0.39, 0.29) is 18.8 Å². The number of halogens is 2. The third kappa shape index (κ3) is 4.54. The number of nitrogens with zero attached hydrogens (tertiary/aromatic N) is 4. The molecule has 7 nitrogen and oxygen atoms in total. The highest BCUT2D eigenvalue weighted by Gasteiger charge is 2.25. The smallest absolute Gasteiger partial charge is 0.297 e. The molecule has 10 heteroatoms. The Balaban J connectivity index is 1.77. The van der Waals surface area contributed by atoms with Crippen molar-refractivity contribution in [1.29, 1.82) is 0 Å². The van der Waals surface area contributed by atoms with E-state index in [0.29, 0.717) is 17.2 Å². The first-order valence-electron chi connectivity index (χ1n) is 9.55. The molecule has 2 aromatic heterocycles. The second-order valence-corrected chi connectivity index (χ2v) is 7.72. The summed E-state index contributed by atoms with van der Waals surface area (Å²) in [4.78, 5) is 31.1. The molecule has 32 heavy (non-hydrogen) atoms. The first kappa shape index (κ1) is 21.3. The molecule has 2 aromatic carbocycles. The molecular weight excluding hydrogens is 436 g/mol. The molecule has 0 aliphatic rings. The van der Waals surface area contributed by atoms with E-state index in [1.54, 1.807) is 0 Å². The molecule has 0 unspecified atom stereocenters. The van der Waals surface area contributed by atoms with Gasteiger partial charge in [-0.2, -0.15) is 0 Å². The number of aromatic nitrogens is 3. The van der Waals surface area contributed by atoms with Crippen LogP contribution in [0.2, 0.25) is 0 Å². The lowest BCUT2D eigenvalue weighted by atomic mass is 10.2. The van der Waals surface area contributed by atoms with Crippen LogP contribution >= 0.6 is 11.3 Å². The van der Waals surface area contributed by atoms with Gasteiger partial charge in [0.05, 0.1) is 10.6 Å². The van der Waals surface area contributed by atoms with Crippen LogP contribution in [0, 0.1) is 11.6 Å². The van der Waals surface area contributed by atoms with Gasteiger partial charge in [0, 0.05) is 18.7 Å². The van der Waals surface area contributed by atoms with E-state index >= 15 is 0 Å². The zero-order valence-corrected chi connectivity index (χ0v) is 17.4. The van der Waals surface area contributed by atoms with Crippen molar-refractivity contribution < 1.29 is 18.4 Å². The number of hydrogen-bond acceptors (Lipinski definition) is 5.